The van der Waals surface area contributed by atoms with Crippen LogP contribution in [0.5, 0.6) is 5.75 Å². The van der Waals surface area contributed by atoms with Gasteiger partial charge in [0.25, 0.3) is 5.91 Å². The number of amides is 3. The highest BCUT2D eigenvalue weighted by atomic mass is 35.5. The lowest BCUT2D eigenvalue weighted by Crippen LogP contribution is -2.32. The van der Waals surface area contributed by atoms with E-state index in [0.717, 1.165) is 16.9 Å². The highest BCUT2D eigenvalue weighted by molar-refractivity contribution is 8.00. The molecule has 3 aromatic carbocycles. The highest BCUT2D eigenvalue weighted by Crippen LogP contribution is 2.53. The molecule has 41 heavy (non-hydrogen) atoms. The van der Waals surface area contributed by atoms with Crippen molar-refractivity contribution in [1.29, 1.82) is 0 Å². The van der Waals surface area contributed by atoms with E-state index in [4.69, 9.17) is 27.9 Å². The number of rotatable bonds is 6. The van der Waals surface area contributed by atoms with E-state index >= 15 is 0 Å². The van der Waals surface area contributed by atoms with Crippen LogP contribution in [0.3, 0.4) is 0 Å². The molecule has 3 amide bonds. The summed E-state index contributed by atoms with van der Waals surface area (Å²) in [5.41, 5.74) is 2.71. The van der Waals surface area contributed by atoms with Gasteiger partial charge < -0.3 is 15.0 Å². The van der Waals surface area contributed by atoms with Crippen LogP contribution in [0.15, 0.2) is 76.6 Å². The molecule has 0 radical (unpaired) electrons. The number of aromatic nitrogens is 1. The number of halogens is 2. The Balaban J connectivity index is 1.27. The second-order valence-electron chi connectivity index (χ2n) is 9.64. The van der Waals surface area contributed by atoms with Crippen LogP contribution >= 0.6 is 46.3 Å². The van der Waals surface area contributed by atoms with Crippen molar-refractivity contribution in [2.75, 3.05) is 16.8 Å². The average Bonchev–Trinajstić information content (AvgIpc) is 3.44. The Morgan fingerprint density at radius 1 is 1.00 bits per heavy atom. The lowest BCUT2D eigenvalue weighted by molar-refractivity contribution is -0.122. The highest BCUT2D eigenvalue weighted by Gasteiger charge is 2.56. The zero-order chi connectivity index (χ0) is 28.8. The van der Waals surface area contributed by atoms with E-state index in [1.807, 2.05) is 25.1 Å². The second kappa shape index (κ2) is 11.0. The monoisotopic (exact) mass is 625 g/mol. The number of carbonyl (C=O) groups is 3. The fourth-order valence-corrected chi connectivity index (χ4v) is 7.86. The minimum Gasteiger partial charge on any atom is -0.484 e. The zero-order valence-corrected chi connectivity index (χ0v) is 24.5. The maximum absolute atomic E-state index is 13.9. The van der Waals surface area contributed by atoms with Gasteiger partial charge in [0.2, 0.25) is 11.8 Å². The first-order valence-corrected chi connectivity index (χ1v) is 15.0. The molecule has 6 rings (SSSR count). The van der Waals surface area contributed by atoms with Crippen LogP contribution in [0, 0.1) is 12.8 Å². The number of carbonyl (C=O) groups excluding carboxylic acids is 3. The van der Waals surface area contributed by atoms with Crippen LogP contribution in [0.4, 0.5) is 11.4 Å². The maximum Gasteiger partial charge on any atom is 0.305 e. The van der Waals surface area contributed by atoms with Gasteiger partial charge in [0.1, 0.15) is 11.0 Å². The molecule has 2 N–H and O–H groups in total. The summed E-state index contributed by atoms with van der Waals surface area (Å²) in [6.45, 7) is 1.65. The molecule has 3 heterocycles. The van der Waals surface area contributed by atoms with E-state index in [1.165, 1.54) is 16.7 Å². The van der Waals surface area contributed by atoms with Crippen molar-refractivity contribution in [2.45, 2.75) is 23.1 Å². The van der Waals surface area contributed by atoms with Gasteiger partial charge in [0.05, 0.1) is 26.7 Å². The molecular weight excluding hydrogens is 605 g/mol. The van der Waals surface area contributed by atoms with E-state index in [2.05, 4.69) is 10.3 Å². The molecule has 1 fully saturated rings. The third-order valence-electron chi connectivity index (χ3n) is 6.91. The number of fused-ring (bicyclic) bond motifs is 2. The smallest absolute Gasteiger partial charge is 0.305 e. The maximum atomic E-state index is 13.9. The van der Waals surface area contributed by atoms with E-state index in [-0.39, 0.29) is 23.3 Å². The Hall–Kier alpha value is -3.57. The zero-order valence-electron chi connectivity index (χ0n) is 21.4. The molecule has 0 aliphatic carbocycles. The summed E-state index contributed by atoms with van der Waals surface area (Å²) in [6, 6.07) is 19.0. The number of aryl methyl sites for hydroxylation is 1. The van der Waals surface area contributed by atoms with Crippen molar-refractivity contribution >= 4 is 75.4 Å². The fourth-order valence-electron chi connectivity index (χ4n) is 5.04. The number of hydrogen-bond donors (Lipinski definition) is 2. The molecule has 0 spiro atoms. The summed E-state index contributed by atoms with van der Waals surface area (Å²) >= 11 is 14.2. The van der Waals surface area contributed by atoms with Crippen LogP contribution in [-0.4, -0.2) is 34.6 Å². The summed E-state index contributed by atoms with van der Waals surface area (Å²) in [4.78, 5) is 56.8. The Morgan fingerprint density at radius 3 is 2.54 bits per heavy atom. The molecule has 3 atom stereocenters. The second-order valence-corrected chi connectivity index (χ2v) is 12.6. The first kappa shape index (κ1) is 27.6. The predicted molar refractivity (Wildman–Crippen MR) is 161 cm³/mol. The number of ether oxygens (including phenoxy) is 1. The summed E-state index contributed by atoms with van der Waals surface area (Å²) in [6.07, 6.45) is 0. The minimum atomic E-state index is -0.721. The van der Waals surface area contributed by atoms with Crippen LogP contribution in [0.2, 0.25) is 10.0 Å². The molecule has 1 saturated heterocycles. The molecule has 8 nitrogen and oxygen atoms in total. The normalized spacial score (nSPS) is 19.6. The third kappa shape index (κ3) is 5.28. The predicted octanol–water partition coefficient (Wildman–Crippen LogP) is 5.86. The lowest BCUT2D eigenvalue weighted by Gasteiger charge is -2.30. The van der Waals surface area contributed by atoms with Gasteiger partial charge in [-0.15, -0.1) is 0 Å². The van der Waals surface area contributed by atoms with Crippen molar-refractivity contribution in [3.05, 3.63) is 102 Å². The van der Waals surface area contributed by atoms with Gasteiger partial charge in [-0.3, -0.25) is 19.2 Å². The number of hydrogen-bond acceptors (Lipinski definition) is 7. The molecular formula is C29H21Cl2N3O5S2. The molecule has 0 bridgehead atoms. The number of anilines is 2. The van der Waals surface area contributed by atoms with Gasteiger partial charge in [-0.2, -0.15) is 0 Å². The Morgan fingerprint density at radius 2 is 1.78 bits per heavy atom. The first-order chi connectivity index (χ1) is 19.7. The Kier molecular flexibility index (Phi) is 7.41. The number of nitrogens with one attached hydrogen (secondary N) is 2. The number of aromatic amines is 1. The number of imide groups is 1. The van der Waals surface area contributed by atoms with Crippen LogP contribution in [0.25, 0.3) is 0 Å². The fraction of sp³-hybridized carbons (Fsp3) is 0.172. The van der Waals surface area contributed by atoms with E-state index in [0.29, 0.717) is 42.6 Å². The van der Waals surface area contributed by atoms with Crippen LogP contribution in [-0.2, 0) is 14.4 Å². The summed E-state index contributed by atoms with van der Waals surface area (Å²) in [5.74, 6) is -1.91. The molecule has 1 aromatic heterocycles. The Labute approximate surface area is 252 Å². The molecule has 0 saturated carbocycles. The van der Waals surface area contributed by atoms with E-state index < -0.39 is 23.0 Å². The number of H-pyrrole nitrogens is 1. The first-order valence-electron chi connectivity index (χ1n) is 12.5. The average molecular weight is 627 g/mol. The SMILES string of the molecule is Cc1ccc(N2C(=O)C3Sc4[nH]c(=O)sc4[C@H](c4cccc(OCC(=O)Nc5ccc(Cl)c(Cl)c5)c4)C3C2=O)cc1. The summed E-state index contributed by atoms with van der Waals surface area (Å²) in [5, 5.41) is 3.28. The number of thioether (sulfide) groups is 1. The third-order valence-corrected chi connectivity index (χ3v) is 10.0. The quantitative estimate of drug-likeness (QED) is 0.260. The molecule has 2 aliphatic heterocycles. The Bertz CT molecular complexity index is 1750. The standard InChI is InChI=1S/C29H21Cl2N3O5S2/c1-14-5-8-17(9-6-14)34-27(36)23-22(24-26(33-29(38)41-24)40-25(23)28(34)37)15-3-2-4-18(11-15)39-13-21(35)32-16-7-10-19(30)20(31)12-16/h2-12,22-23,25H,13H2,1H3,(H,32,35)(H,33,38)/t22-,23?,25?/m1/s1. The van der Waals surface area contributed by atoms with Gasteiger partial charge in [0.15, 0.2) is 6.61 Å². The molecule has 208 valence electrons. The van der Waals surface area contributed by atoms with Crippen LogP contribution in [0.1, 0.15) is 21.9 Å². The van der Waals surface area contributed by atoms with Crippen LogP contribution < -0.4 is 19.8 Å². The van der Waals surface area contributed by atoms with Crippen molar-refractivity contribution < 1.29 is 19.1 Å². The van der Waals surface area contributed by atoms with Gasteiger partial charge in [-0.25, -0.2) is 4.90 Å². The largest absolute Gasteiger partial charge is 0.484 e. The van der Waals surface area contributed by atoms with Gasteiger partial charge in [0, 0.05) is 16.5 Å². The van der Waals surface area contributed by atoms with E-state index in [9.17, 15) is 19.2 Å². The van der Waals surface area contributed by atoms with Crippen molar-refractivity contribution in [3.8, 4) is 5.75 Å². The number of thiazole rings is 1. The van der Waals surface area contributed by atoms with Crippen molar-refractivity contribution in [2.24, 2.45) is 5.92 Å². The van der Waals surface area contributed by atoms with E-state index in [1.54, 1.807) is 48.5 Å². The van der Waals surface area contributed by atoms with Crippen molar-refractivity contribution in [3.63, 3.8) is 0 Å². The molecule has 4 aromatic rings. The number of nitrogens with zero attached hydrogens (tertiary/aromatic N) is 1. The minimum absolute atomic E-state index is 0.255. The lowest BCUT2D eigenvalue weighted by atomic mass is 9.83. The van der Waals surface area contributed by atoms with Gasteiger partial charge in [-0.1, -0.05) is 76.1 Å². The topological polar surface area (TPSA) is 109 Å². The van der Waals surface area contributed by atoms with Crippen molar-refractivity contribution in [1.82, 2.24) is 4.98 Å². The number of benzene rings is 3. The summed E-state index contributed by atoms with van der Waals surface area (Å²) in [7, 11) is 0. The molecule has 2 unspecified atom stereocenters. The molecule has 2 aliphatic rings. The summed E-state index contributed by atoms with van der Waals surface area (Å²) < 4.78 is 5.77. The van der Waals surface area contributed by atoms with Gasteiger partial charge in [-0.05, 0) is 55.0 Å². The molecule has 12 heteroatoms. The van der Waals surface area contributed by atoms with Gasteiger partial charge >= 0.3 is 4.87 Å².